The summed E-state index contributed by atoms with van der Waals surface area (Å²) < 4.78 is 5.37. The Balaban J connectivity index is 2.31. The molecule has 0 fully saturated rings. The summed E-state index contributed by atoms with van der Waals surface area (Å²) in [5.41, 5.74) is 1.74. The molecule has 2 aromatic rings. The lowest BCUT2D eigenvalue weighted by Gasteiger charge is -2.02. The zero-order chi connectivity index (χ0) is 14.7. The van der Waals surface area contributed by atoms with Crippen molar-refractivity contribution in [2.75, 3.05) is 5.32 Å². The molecule has 20 heavy (non-hydrogen) atoms. The maximum absolute atomic E-state index is 12.1. The minimum absolute atomic E-state index is 0.134. The van der Waals surface area contributed by atoms with Crippen LogP contribution in [0.15, 0.2) is 28.7 Å². The van der Waals surface area contributed by atoms with Crippen LogP contribution >= 0.6 is 0 Å². The monoisotopic (exact) mass is 265 g/mol. The van der Waals surface area contributed by atoms with E-state index in [1.54, 1.807) is 32.0 Å². The van der Waals surface area contributed by atoms with Gasteiger partial charge in [0.1, 0.15) is 17.4 Å². The number of rotatable bonds is 2. The molecule has 98 valence electrons. The summed E-state index contributed by atoms with van der Waals surface area (Å²) in [6, 6.07) is 10.3. The highest BCUT2D eigenvalue weighted by Crippen LogP contribution is 2.25. The molecule has 0 saturated heterocycles. The smallest absolute Gasteiger partial charge is 0.258 e. The van der Waals surface area contributed by atoms with Crippen LogP contribution in [0.3, 0.4) is 0 Å². The Morgan fingerprint density at radius 2 is 2.00 bits per heavy atom. The minimum Gasteiger partial charge on any atom is -0.444 e. The number of amides is 1. The molecule has 0 atom stereocenters. The normalized spacial score (nSPS) is 9.60. The molecular weight excluding hydrogens is 254 g/mol. The van der Waals surface area contributed by atoms with Gasteiger partial charge in [0.05, 0.1) is 11.6 Å². The molecule has 1 aromatic heterocycles. The Morgan fingerprint density at radius 1 is 1.25 bits per heavy atom. The summed E-state index contributed by atoms with van der Waals surface area (Å²) in [6.45, 7) is 3.48. The molecule has 1 amide bonds. The topological polar surface area (TPSA) is 89.8 Å². The quantitative estimate of drug-likeness (QED) is 0.903. The molecule has 1 aromatic carbocycles. The van der Waals surface area contributed by atoms with Crippen LogP contribution in [0.1, 0.15) is 32.8 Å². The van der Waals surface area contributed by atoms with Crippen LogP contribution in [0.5, 0.6) is 0 Å². The zero-order valence-corrected chi connectivity index (χ0v) is 11.0. The molecule has 0 unspecified atom stereocenters. The Labute approximate surface area is 116 Å². The number of anilines is 1. The molecule has 0 radical (unpaired) electrons. The standard InChI is InChI=1S/C15H11N3O2/c1-9-10(2)20-15(13(9)8-17)18-14(19)12-5-3-4-11(6-12)7-16/h3-6H,1-2H3,(H,18,19). The number of nitrogens with one attached hydrogen (secondary N) is 1. The van der Waals surface area contributed by atoms with E-state index in [2.05, 4.69) is 5.32 Å². The highest BCUT2D eigenvalue weighted by molar-refractivity contribution is 6.04. The molecule has 2 rings (SSSR count). The predicted molar refractivity (Wildman–Crippen MR) is 72.0 cm³/mol. The lowest BCUT2D eigenvalue weighted by Crippen LogP contribution is -2.12. The summed E-state index contributed by atoms with van der Waals surface area (Å²) in [5, 5.41) is 20.4. The van der Waals surface area contributed by atoms with Gasteiger partial charge in [-0.15, -0.1) is 0 Å². The van der Waals surface area contributed by atoms with Gasteiger partial charge in [0, 0.05) is 11.1 Å². The van der Waals surface area contributed by atoms with Crippen LogP contribution in [-0.4, -0.2) is 5.91 Å². The lowest BCUT2D eigenvalue weighted by molar-refractivity contribution is 0.102. The minimum atomic E-state index is -0.424. The van der Waals surface area contributed by atoms with Crippen molar-refractivity contribution in [3.63, 3.8) is 0 Å². The van der Waals surface area contributed by atoms with E-state index in [0.29, 0.717) is 28.0 Å². The number of carbonyl (C=O) groups excluding carboxylic acids is 1. The van der Waals surface area contributed by atoms with Gasteiger partial charge in [0.15, 0.2) is 0 Å². The Bertz CT molecular complexity index is 760. The average molecular weight is 265 g/mol. The largest absolute Gasteiger partial charge is 0.444 e. The molecule has 5 nitrogen and oxygen atoms in total. The van der Waals surface area contributed by atoms with E-state index < -0.39 is 5.91 Å². The van der Waals surface area contributed by atoms with Gasteiger partial charge in [-0.05, 0) is 32.0 Å². The van der Waals surface area contributed by atoms with Crippen LogP contribution in [0.2, 0.25) is 0 Å². The van der Waals surface area contributed by atoms with Gasteiger partial charge in [-0.25, -0.2) is 0 Å². The molecule has 1 heterocycles. The molecule has 5 heteroatoms. The van der Waals surface area contributed by atoms with Gasteiger partial charge in [-0.2, -0.15) is 10.5 Å². The van der Waals surface area contributed by atoms with Crippen LogP contribution < -0.4 is 5.32 Å². The number of nitrogens with zero attached hydrogens (tertiary/aromatic N) is 2. The first-order chi connectivity index (χ1) is 9.56. The Kier molecular flexibility index (Phi) is 3.54. The zero-order valence-electron chi connectivity index (χ0n) is 11.0. The van der Waals surface area contributed by atoms with E-state index in [4.69, 9.17) is 14.9 Å². The van der Waals surface area contributed by atoms with E-state index >= 15 is 0 Å². The van der Waals surface area contributed by atoms with Gasteiger partial charge < -0.3 is 4.42 Å². The number of aryl methyl sites for hydroxylation is 1. The van der Waals surface area contributed by atoms with E-state index in [0.717, 1.165) is 0 Å². The number of hydrogen-bond donors (Lipinski definition) is 1. The molecule has 0 bridgehead atoms. The third-order valence-electron chi connectivity index (χ3n) is 2.98. The number of benzene rings is 1. The van der Waals surface area contributed by atoms with Gasteiger partial charge in [0.2, 0.25) is 5.88 Å². The average Bonchev–Trinajstić information content (AvgIpc) is 2.73. The summed E-state index contributed by atoms with van der Waals surface area (Å²) in [4.78, 5) is 12.1. The van der Waals surface area contributed by atoms with E-state index in [1.807, 2.05) is 12.1 Å². The number of furan rings is 1. The summed E-state index contributed by atoms with van der Waals surface area (Å²) in [6.07, 6.45) is 0. The fraction of sp³-hybridized carbons (Fsp3) is 0.133. The maximum Gasteiger partial charge on any atom is 0.258 e. The predicted octanol–water partition coefficient (Wildman–Crippen LogP) is 2.89. The number of hydrogen-bond acceptors (Lipinski definition) is 4. The maximum atomic E-state index is 12.1. The van der Waals surface area contributed by atoms with Crippen molar-refractivity contribution in [3.8, 4) is 12.1 Å². The van der Waals surface area contributed by atoms with E-state index in [1.165, 1.54) is 6.07 Å². The van der Waals surface area contributed by atoms with Crippen molar-refractivity contribution in [2.45, 2.75) is 13.8 Å². The second-order valence-corrected chi connectivity index (χ2v) is 4.25. The molecule has 0 saturated carbocycles. The third kappa shape index (κ3) is 2.38. The number of nitriles is 2. The Morgan fingerprint density at radius 3 is 2.65 bits per heavy atom. The van der Waals surface area contributed by atoms with Crippen molar-refractivity contribution >= 4 is 11.8 Å². The van der Waals surface area contributed by atoms with Crippen molar-refractivity contribution in [2.24, 2.45) is 0 Å². The summed E-state index contributed by atoms with van der Waals surface area (Å²) >= 11 is 0. The first-order valence-electron chi connectivity index (χ1n) is 5.88. The highest BCUT2D eigenvalue weighted by Gasteiger charge is 2.17. The third-order valence-corrected chi connectivity index (χ3v) is 2.98. The van der Waals surface area contributed by atoms with Gasteiger partial charge in [-0.1, -0.05) is 6.07 Å². The lowest BCUT2D eigenvalue weighted by atomic mass is 10.1. The highest BCUT2D eigenvalue weighted by atomic mass is 16.4. The molecule has 0 aliphatic carbocycles. The SMILES string of the molecule is Cc1oc(NC(=O)c2cccc(C#N)c2)c(C#N)c1C. The van der Waals surface area contributed by atoms with E-state index in [-0.39, 0.29) is 5.88 Å². The second-order valence-electron chi connectivity index (χ2n) is 4.25. The van der Waals surface area contributed by atoms with Crippen molar-refractivity contribution in [1.82, 2.24) is 0 Å². The van der Waals surface area contributed by atoms with Gasteiger partial charge in [0.25, 0.3) is 5.91 Å². The molecule has 1 N–H and O–H groups in total. The fourth-order valence-corrected chi connectivity index (χ4v) is 1.75. The summed E-state index contributed by atoms with van der Waals surface area (Å²) in [7, 11) is 0. The first kappa shape index (κ1) is 13.4. The van der Waals surface area contributed by atoms with Crippen LogP contribution in [0.25, 0.3) is 0 Å². The first-order valence-corrected chi connectivity index (χ1v) is 5.88. The Hall–Kier alpha value is -3.05. The summed E-state index contributed by atoms with van der Waals surface area (Å²) in [5.74, 6) is 0.296. The van der Waals surface area contributed by atoms with E-state index in [9.17, 15) is 4.79 Å². The van der Waals surface area contributed by atoms with Crippen LogP contribution in [-0.2, 0) is 0 Å². The van der Waals surface area contributed by atoms with Crippen molar-refractivity contribution < 1.29 is 9.21 Å². The van der Waals surface area contributed by atoms with Crippen molar-refractivity contribution in [3.05, 3.63) is 52.3 Å². The second kappa shape index (κ2) is 5.29. The molecular formula is C15H11N3O2. The molecule has 0 spiro atoms. The molecule has 0 aliphatic rings. The molecule has 0 aliphatic heterocycles. The van der Waals surface area contributed by atoms with Gasteiger partial charge in [-0.3, -0.25) is 10.1 Å². The van der Waals surface area contributed by atoms with Crippen LogP contribution in [0.4, 0.5) is 5.88 Å². The van der Waals surface area contributed by atoms with Crippen LogP contribution in [0, 0.1) is 36.5 Å². The number of carbonyl (C=O) groups is 1. The van der Waals surface area contributed by atoms with Gasteiger partial charge >= 0.3 is 0 Å². The van der Waals surface area contributed by atoms with Crippen molar-refractivity contribution in [1.29, 1.82) is 10.5 Å². The fourth-order valence-electron chi connectivity index (χ4n) is 1.75.